The van der Waals surface area contributed by atoms with E-state index in [9.17, 15) is 4.79 Å². The highest BCUT2D eigenvalue weighted by molar-refractivity contribution is 14.1. The molecule has 1 saturated heterocycles. The Morgan fingerprint density at radius 1 is 1.50 bits per heavy atom. The minimum absolute atomic E-state index is 0.0398. The lowest BCUT2D eigenvalue weighted by molar-refractivity contribution is -0.668. The second kappa shape index (κ2) is 6.79. The Labute approximate surface area is 112 Å². The van der Waals surface area contributed by atoms with E-state index in [1.165, 1.54) is 6.42 Å². The molecule has 0 aliphatic carbocycles. The van der Waals surface area contributed by atoms with Crippen molar-refractivity contribution in [2.75, 3.05) is 13.1 Å². The lowest BCUT2D eigenvalue weighted by atomic mass is 9.87. The molecule has 0 saturated carbocycles. The van der Waals surface area contributed by atoms with Crippen LogP contribution in [0.2, 0.25) is 0 Å². The van der Waals surface area contributed by atoms with Crippen LogP contribution in [0.3, 0.4) is 0 Å². The molecule has 1 fully saturated rings. The molecular formula is C12H23INO2+. The predicted molar refractivity (Wildman–Crippen MR) is 72.7 cm³/mol. The quantitative estimate of drug-likeness (QED) is 0.470. The number of unbranched alkanes of at least 4 members (excludes halogenated alkanes) is 1. The molecule has 0 amide bonds. The Morgan fingerprint density at radius 3 is 2.62 bits per heavy atom. The van der Waals surface area contributed by atoms with Gasteiger partial charge in [0.1, 0.15) is 9.53 Å². The molecule has 1 aliphatic rings. The molecule has 0 aromatic carbocycles. The fraction of sp³-hybridized carbons (Fsp3) is 0.917. The van der Waals surface area contributed by atoms with Gasteiger partial charge in [0.15, 0.2) is 0 Å². The van der Waals surface area contributed by atoms with E-state index in [1.807, 2.05) is 6.92 Å². The summed E-state index contributed by atoms with van der Waals surface area (Å²) in [6, 6.07) is 0. The van der Waals surface area contributed by atoms with Gasteiger partial charge in [0, 0.05) is 12.8 Å². The standard InChI is InChI=1S/C12H22INO2/c1-3-4-5-12(6-8-14-9-7-12)16-11(15)10(2)13/h10,14H,3-9H2,1-2H3/p+1. The van der Waals surface area contributed by atoms with Gasteiger partial charge in [0.2, 0.25) is 0 Å². The zero-order valence-electron chi connectivity index (χ0n) is 10.3. The minimum atomic E-state index is -0.152. The number of hydrogen-bond acceptors (Lipinski definition) is 2. The number of quaternary nitrogens is 1. The molecule has 1 heterocycles. The van der Waals surface area contributed by atoms with E-state index in [0.717, 1.165) is 38.8 Å². The maximum atomic E-state index is 11.7. The van der Waals surface area contributed by atoms with Gasteiger partial charge in [-0.05, 0) is 19.8 Å². The van der Waals surface area contributed by atoms with Crippen LogP contribution in [0.15, 0.2) is 0 Å². The number of rotatable bonds is 5. The number of halogens is 1. The third-order valence-corrected chi connectivity index (χ3v) is 3.74. The molecule has 1 unspecified atom stereocenters. The summed E-state index contributed by atoms with van der Waals surface area (Å²) in [6.45, 7) is 6.26. The van der Waals surface area contributed by atoms with Gasteiger partial charge in [0.25, 0.3) is 0 Å². The average Bonchev–Trinajstić information content (AvgIpc) is 2.27. The van der Waals surface area contributed by atoms with Crippen molar-refractivity contribution in [1.29, 1.82) is 0 Å². The van der Waals surface area contributed by atoms with Crippen LogP contribution in [0.25, 0.3) is 0 Å². The summed E-state index contributed by atoms with van der Waals surface area (Å²) < 4.78 is 5.74. The summed E-state index contributed by atoms with van der Waals surface area (Å²) >= 11 is 2.13. The van der Waals surface area contributed by atoms with Crippen LogP contribution in [0.4, 0.5) is 0 Å². The topological polar surface area (TPSA) is 42.9 Å². The van der Waals surface area contributed by atoms with E-state index in [4.69, 9.17) is 4.74 Å². The molecule has 1 rings (SSSR count). The van der Waals surface area contributed by atoms with Crippen molar-refractivity contribution < 1.29 is 14.8 Å². The Bertz CT molecular complexity index is 225. The van der Waals surface area contributed by atoms with E-state index < -0.39 is 0 Å². The lowest BCUT2D eigenvalue weighted by Crippen LogP contribution is -2.88. The van der Waals surface area contributed by atoms with E-state index in [1.54, 1.807) is 0 Å². The first-order valence-electron chi connectivity index (χ1n) is 6.28. The summed E-state index contributed by atoms with van der Waals surface area (Å²) in [5, 5.41) is 2.31. The Kier molecular flexibility index (Phi) is 6.03. The van der Waals surface area contributed by atoms with E-state index in [-0.39, 0.29) is 15.5 Å². The maximum Gasteiger partial charge on any atom is 0.319 e. The normalized spacial score (nSPS) is 21.4. The highest BCUT2D eigenvalue weighted by Crippen LogP contribution is 2.29. The van der Waals surface area contributed by atoms with Crippen molar-refractivity contribution in [3.05, 3.63) is 0 Å². The molecule has 1 atom stereocenters. The van der Waals surface area contributed by atoms with E-state index in [2.05, 4.69) is 34.8 Å². The highest BCUT2D eigenvalue weighted by atomic mass is 127. The van der Waals surface area contributed by atoms with Gasteiger partial charge in [0.05, 0.1) is 13.1 Å². The van der Waals surface area contributed by atoms with Crippen molar-refractivity contribution in [1.82, 2.24) is 0 Å². The van der Waals surface area contributed by atoms with E-state index in [0.29, 0.717) is 0 Å². The van der Waals surface area contributed by atoms with Crippen LogP contribution in [-0.4, -0.2) is 28.6 Å². The predicted octanol–water partition coefficient (Wildman–Crippen LogP) is 1.64. The van der Waals surface area contributed by atoms with Gasteiger partial charge in [-0.1, -0.05) is 35.9 Å². The van der Waals surface area contributed by atoms with Gasteiger partial charge in [-0.25, -0.2) is 0 Å². The molecule has 3 nitrogen and oxygen atoms in total. The second-order valence-electron chi connectivity index (χ2n) is 4.69. The van der Waals surface area contributed by atoms with Crippen molar-refractivity contribution in [2.45, 2.75) is 55.5 Å². The first-order chi connectivity index (χ1) is 7.59. The molecule has 0 aromatic heterocycles. The molecule has 2 N–H and O–H groups in total. The maximum absolute atomic E-state index is 11.7. The monoisotopic (exact) mass is 340 g/mol. The number of carbonyl (C=O) groups excluding carboxylic acids is 1. The first kappa shape index (κ1) is 14.2. The summed E-state index contributed by atoms with van der Waals surface area (Å²) in [7, 11) is 0. The van der Waals surface area contributed by atoms with Crippen LogP contribution in [0, 0.1) is 0 Å². The number of piperidine rings is 1. The fourth-order valence-electron chi connectivity index (χ4n) is 2.20. The molecule has 0 bridgehead atoms. The Morgan fingerprint density at radius 2 is 2.12 bits per heavy atom. The van der Waals surface area contributed by atoms with Crippen molar-refractivity contribution >= 4 is 28.6 Å². The zero-order chi connectivity index (χ0) is 12.0. The highest BCUT2D eigenvalue weighted by Gasteiger charge is 2.37. The summed E-state index contributed by atoms with van der Waals surface area (Å²) in [6.07, 6.45) is 5.39. The molecule has 4 heteroatoms. The van der Waals surface area contributed by atoms with Gasteiger partial charge in [-0.3, -0.25) is 4.79 Å². The van der Waals surface area contributed by atoms with Gasteiger partial charge in [-0.2, -0.15) is 0 Å². The van der Waals surface area contributed by atoms with Gasteiger partial charge >= 0.3 is 5.97 Å². The molecule has 94 valence electrons. The largest absolute Gasteiger partial charge is 0.458 e. The number of nitrogens with two attached hydrogens (primary N) is 1. The van der Waals surface area contributed by atoms with Crippen LogP contribution < -0.4 is 5.32 Å². The smallest absolute Gasteiger partial charge is 0.319 e. The third kappa shape index (κ3) is 4.20. The third-order valence-electron chi connectivity index (χ3n) is 3.24. The molecular weight excluding hydrogens is 317 g/mol. The number of esters is 1. The van der Waals surface area contributed by atoms with Crippen LogP contribution >= 0.6 is 22.6 Å². The lowest BCUT2D eigenvalue weighted by Gasteiger charge is -2.36. The Balaban J connectivity index is 2.58. The number of alkyl halides is 1. The van der Waals surface area contributed by atoms with Crippen LogP contribution in [0.5, 0.6) is 0 Å². The number of ether oxygens (including phenoxy) is 1. The molecule has 0 spiro atoms. The minimum Gasteiger partial charge on any atom is -0.458 e. The van der Waals surface area contributed by atoms with E-state index >= 15 is 0 Å². The average molecular weight is 340 g/mol. The molecule has 0 aromatic rings. The molecule has 0 radical (unpaired) electrons. The first-order valence-corrected chi connectivity index (χ1v) is 7.53. The van der Waals surface area contributed by atoms with Crippen LogP contribution in [-0.2, 0) is 9.53 Å². The van der Waals surface area contributed by atoms with Crippen molar-refractivity contribution in [3.63, 3.8) is 0 Å². The number of carbonyl (C=O) groups is 1. The second-order valence-corrected chi connectivity index (χ2v) is 6.56. The zero-order valence-corrected chi connectivity index (χ0v) is 12.5. The SMILES string of the molecule is CCCCC1(OC(=O)C(C)I)CC[NH2+]CC1. The van der Waals surface area contributed by atoms with Gasteiger partial charge < -0.3 is 10.1 Å². The van der Waals surface area contributed by atoms with Crippen molar-refractivity contribution in [3.8, 4) is 0 Å². The van der Waals surface area contributed by atoms with Crippen LogP contribution in [0.1, 0.15) is 46.0 Å². The molecule has 16 heavy (non-hydrogen) atoms. The van der Waals surface area contributed by atoms with Gasteiger partial charge in [-0.15, -0.1) is 0 Å². The van der Waals surface area contributed by atoms with Crippen molar-refractivity contribution in [2.24, 2.45) is 0 Å². The molecule has 1 aliphatic heterocycles. The Hall–Kier alpha value is 0.160. The summed E-state index contributed by atoms with van der Waals surface area (Å²) in [5.74, 6) is -0.0430. The summed E-state index contributed by atoms with van der Waals surface area (Å²) in [5.41, 5.74) is -0.152. The summed E-state index contributed by atoms with van der Waals surface area (Å²) in [4.78, 5) is 11.7. The fourth-order valence-corrected chi connectivity index (χ4v) is 2.32. The number of hydrogen-bond donors (Lipinski definition) is 1.